The smallest absolute Gasteiger partial charge is 0.176 e. The van der Waals surface area contributed by atoms with Crippen LogP contribution in [-0.4, -0.2) is 27.9 Å². The summed E-state index contributed by atoms with van der Waals surface area (Å²) in [7, 11) is -3.52. The van der Waals surface area contributed by atoms with Crippen molar-refractivity contribution in [2.75, 3.05) is 9.35 Å². The lowest BCUT2D eigenvalue weighted by molar-refractivity contribution is 1.09. The molecule has 0 aliphatic rings. The van der Waals surface area contributed by atoms with E-state index in [1.54, 1.807) is 0 Å². The van der Waals surface area contributed by atoms with Crippen molar-refractivity contribution in [1.82, 2.24) is 0 Å². The molecule has 0 spiro atoms. The molecule has 0 heterocycles. The number of para-hydroxylation sites is 2. The summed E-state index contributed by atoms with van der Waals surface area (Å²) in [5.74, 6) is 0. The van der Waals surface area contributed by atoms with Gasteiger partial charge in [0.05, 0.1) is 5.71 Å². The Kier molecular flexibility index (Phi) is 8.28. The predicted octanol–water partition coefficient (Wildman–Crippen LogP) is 7.84. The molecule has 3 aromatic rings. The molecule has 178 valence electrons. The van der Waals surface area contributed by atoms with Crippen molar-refractivity contribution in [2.24, 2.45) is 10.2 Å². The minimum absolute atomic E-state index is 0.686. The van der Waals surface area contributed by atoms with Gasteiger partial charge in [-0.1, -0.05) is 66.7 Å². The number of rotatable bonds is 9. The van der Waals surface area contributed by atoms with Crippen molar-refractivity contribution in [3.8, 4) is 0 Å². The van der Waals surface area contributed by atoms with Crippen LogP contribution < -0.4 is 9.35 Å². The Hall–Kier alpha value is -2.97. The Morgan fingerprint density at radius 3 is 1.38 bits per heavy atom. The molecule has 0 radical (unpaired) electrons. The van der Waals surface area contributed by atoms with E-state index in [1.807, 2.05) is 0 Å². The minimum atomic E-state index is -1.79. The van der Waals surface area contributed by atoms with Crippen molar-refractivity contribution in [3.05, 3.63) is 96.6 Å². The average Bonchev–Trinajstić information content (AvgIpc) is 2.80. The normalized spacial score (nSPS) is 13.0. The summed E-state index contributed by atoms with van der Waals surface area (Å²) >= 11 is 0. The fourth-order valence-electron chi connectivity index (χ4n) is 3.72. The Balaban J connectivity index is 2.04. The number of hydrogen-bond donors (Lipinski definition) is 0. The molecule has 4 nitrogen and oxygen atoms in total. The minimum Gasteiger partial charge on any atom is -0.295 e. The highest BCUT2D eigenvalue weighted by Crippen LogP contribution is 2.25. The monoisotopic (exact) mass is 486 g/mol. The molecule has 0 N–H and O–H groups in total. The van der Waals surface area contributed by atoms with Gasteiger partial charge in [0.15, 0.2) is 16.5 Å². The predicted molar refractivity (Wildman–Crippen MR) is 155 cm³/mol. The first-order valence-electron chi connectivity index (χ1n) is 11.9. The van der Waals surface area contributed by atoms with E-state index in [2.05, 4.69) is 147 Å². The molecular weight excluding hydrogens is 449 g/mol. The molecule has 0 bridgehead atoms. The van der Waals surface area contributed by atoms with E-state index in [0.717, 1.165) is 28.4 Å². The molecule has 0 fully saturated rings. The van der Waals surface area contributed by atoms with Gasteiger partial charge in [0.1, 0.15) is 0 Å². The van der Waals surface area contributed by atoms with Crippen LogP contribution in [0.15, 0.2) is 101 Å². The van der Waals surface area contributed by atoms with Crippen LogP contribution >= 0.6 is 0 Å². The fourth-order valence-corrected chi connectivity index (χ4v) is 6.46. The van der Waals surface area contributed by atoms with Gasteiger partial charge in [-0.05, 0) is 76.0 Å². The molecule has 0 aliphatic carbocycles. The maximum atomic E-state index is 5.29. The van der Waals surface area contributed by atoms with Crippen LogP contribution in [0.3, 0.4) is 0 Å². The van der Waals surface area contributed by atoms with Crippen LogP contribution in [0.5, 0.6) is 0 Å². The fraction of sp³-hybridized carbons (Fsp3) is 0.286. The largest absolute Gasteiger partial charge is 0.295 e. The topological polar surface area (TPSA) is 31.2 Å². The second-order valence-corrected chi connectivity index (χ2v) is 20.1. The number of nitrogens with zero attached hydrogens (tertiary/aromatic N) is 4. The molecule has 34 heavy (non-hydrogen) atoms. The van der Waals surface area contributed by atoms with Gasteiger partial charge in [0.25, 0.3) is 0 Å². The van der Waals surface area contributed by atoms with Gasteiger partial charge in [0.2, 0.25) is 0 Å². The molecule has 0 aromatic heterocycles. The summed E-state index contributed by atoms with van der Waals surface area (Å²) in [4.78, 5) is 0. The van der Waals surface area contributed by atoms with E-state index in [4.69, 9.17) is 10.2 Å². The first-order valence-corrected chi connectivity index (χ1v) is 18.8. The zero-order valence-corrected chi connectivity index (χ0v) is 23.7. The summed E-state index contributed by atoms with van der Waals surface area (Å²) in [6.07, 6.45) is 0.686. The van der Waals surface area contributed by atoms with Gasteiger partial charge in [-0.2, -0.15) is 10.2 Å². The van der Waals surface area contributed by atoms with E-state index < -0.39 is 16.5 Å². The van der Waals surface area contributed by atoms with Gasteiger partial charge in [-0.3, -0.25) is 9.35 Å². The third-order valence-corrected chi connectivity index (χ3v) is 8.55. The van der Waals surface area contributed by atoms with Crippen LogP contribution in [0.4, 0.5) is 11.4 Å². The number of benzene rings is 3. The lowest BCUT2D eigenvalue weighted by Crippen LogP contribution is -2.44. The van der Waals surface area contributed by atoms with Crippen molar-refractivity contribution >= 4 is 39.3 Å². The zero-order chi connectivity index (χ0) is 24.8. The molecule has 0 saturated carbocycles. The van der Waals surface area contributed by atoms with Crippen LogP contribution in [0, 0.1) is 0 Å². The lowest BCUT2D eigenvalue weighted by atomic mass is 10.1. The van der Waals surface area contributed by atoms with Gasteiger partial charge in [-0.25, -0.2) is 0 Å². The molecule has 0 saturated heterocycles. The highest BCUT2D eigenvalue weighted by Gasteiger charge is 2.27. The first kappa shape index (κ1) is 25.7. The highest BCUT2D eigenvalue weighted by atomic mass is 28.3. The SMILES string of the molecule is C/C(C/C(=N\N(c1ccccc1)[Si](C)(C)C)c1ccccc1)=N\N(c1ccccc1)[Si](C)(C)C. The molecular formula is C28H38N4Si2. The van der Waals surface area contributed by atoms with Crippen molar-refractivity contribution in [3.63, 3.8) is 0 Å². The molecule has 0 amide bonds. The van der Waals surface area contributed by atoms with Gasteiger partial charge >= 0.3 is 0 Å². The van der Waals surface area contributed by atoms with E-state index in [9.17, 15) is 0 Å². The number of hydrogen-bond acceptors (Lipinski definition) is 4. The lowest BCUT2D eigenvalue weighted by Gasteiger charge is -2.33. The molecule has 0 aliphatic heterocycles. The van der Waals surface area contributed by atoms with Crippen molar-refractivity contribution in [2.45, 2.75) is 52.6 Å². The maximum absolute atomic E-state index is 5.29. The molecule has 3 rings (SSSR count). The van der Waals surface area contributed by atoms with Gasteiger partial charge < -0.3 is 0 Å². The van der Waals surface area contributed by atoms with Crippen LogP contribution in [0.1, 0.15) is 18.9 Å². The summed E-state index contributed by atoms with van der Waals surface area (Å²) in [6.45, 7) is 16.1. The van der Waals surface area contributed by atoms with E-state index in [1.165, 1.54) is 0 Å². The van der Waals surface area contributed by atoms with Crippen molar-refractivity contribution in [1.29, 1.82) is 0 Å². The highest BCUT2D eigenvalue weighted by molar-refractivity contribution is 6.80. The van der Waals surface area contributed by atoms with E-state index >= 15 is 0 Å². The Bertz CT molecular complexity index is 1100. The third kappa shape index (κ3) is 7.01. The molecule has 3 aromatic carbocycles. The Morgan fingerprint density at radius 2 is 0.971 bits per heavy atom. The van der Waals surface area contributed by atoms with Crippen LogP contribution in [-0.2, 0) is 0 Å². The summed E-state index contributed by atoms with van der Waals surface area (Å²) in [5, 5.41) is 10.4. The van der Waals surface area contributed by atoms with Crippen LogP contribution in [0.2, 0.25) is 39.3 Å². The third-order valence-electron chi connectivity index (χ3n) is 5.29. The first-order chi connectivity index (χ1) is 16.1. The zero-order valence-electron chi connectivity index (χ0n) is 21.7. The standard InChI is InChI=1S/C28H38N4Si2/c1-24(29-31(33(2,3)4)26-19-13-9-14-20-26)23-28(25-17-11-8-12-18-25)30-32(34(5,6)7)27-21-15-10-16-22-27/h8-22H,23H2,1-7H3/b29-24+,30-28+. The Labute approximate surface area is 207 Å². The average molecular weight is 487 g/mol. The number of anilines is 2. The molecule has 0 unspecified atom stereocenters. The summed E-state index contributed by atoms with van der Waals surface area (Å²) in [5.41, 5.74) is 5.51. The van der Waals surface area contributed by atoms with Crippen molar-refractivity contribution < 1.29 is 0 Å². The second-order valence-electron chi connectivity index (χ2n) is 10.6. The molecule has 0 atom stereocenters. The Morgan fingerprint density at radius 1 is 0.588 bits per heavy atom. The quantitative estimate of drug-likeness (QED) is 0.175. The van der Waals surface area contributed by atoms with E-state index in [0.29, 0.717) is 6.42 Å². The maximum Gasteiger partial charge on any atom is 0.176 e. The van der Waals surface area contributed by atoms with Gasteiger partial charge in [-0.15, -0.1) is 0 Å². The van der Waals surface area contributed by atoms with E-state index in [-0.39, 0.29) is 0 Å². The molecule has 6 heteroatoms. The summed E-state index contributed by atoms with van der Waals surface area (Å²) < 4.78 is 4.51. The van der Waals surface area contributed by atoms with Gasteiger partial charge in [0, 0.05) is 23.5 Å². The summed E-state index contributed by atoms with van der Waals surface area (Å²) in [6, 6.07) is 31.5. The number of hydrazone groups is 2. The second kappa shape index (κ2) is 11.0. The van der Waals surface area contributed by atoms with Crippen LogP contribution in [0.25, 0.3) is 0 Å².